The molecule has 0 saturated heterocycles. The summed E-state index contributed by atoms with van der Waals surface area (Å²) < 4.78 is 19.7. The molecule has 0 saturated carbocycles. The molecule has 0 aliphatic carbocycles. The molecule has 19 heavy (non-hydrogen) atoms. The molecule has 0 atom stereocenters. The zero-order chi connectivity index (χ0) is 14.0. The van der Waals surface area contributed by atoms with Gasteiger partial charge in [0.25, 0.3) is 0 Å². The Kier molecular flexibility index (Phi) is 4.55. The molecule has 2 aromatic rings. The third-order valence-corrected chi connectivity index (χ3v) is 3.46. The number of hydrogen-bond donors (Lipinski definition) is 1. The van der Waals surface area contributed by atoms with Crippen molar-refractivity contribution in [3.8, 4) is 5.75 Å². The number of rotatable bonds is 3. The predicted octanol–water partition coefficient (Wildman–Crippen LogP) is 5.06. The Hall–Kier alpha value is -0.970. The van der Waals surface area contributed by atoms with Crippen molar-refractivity contribution < 1.29 is 9.13 Å². The lowest BCUT2D eigenvalue weighted by atomic mass is 10.2. The Labute approximate surface area is 128 Å². The van der Waals surface area contributed by atoms with Crippen molar-refractivity contribution in [2.24, 2.45) is 0 Å². The van der Waals surface area contributed by atoms with E-state index in [1.165, 1.54) is 18.2 Å². The van der Waals surface area contributed by atoms with E-state index in [4.69, 9.17) is 33.7 Å². The van der Waals surface area contributed by atoms with E-state index in [9.17, 15) is 4.39 Å². The molecule has 0 aliphatic rings. The van der Waals surface area contributed by atoms with E-state index in [0.717, 1.165) is 0 Å². The molecule has 2 aromatic carbocycles. The summed E-state index contributed by atoms with van der Waals surface area (Å²) in [5, 5.41) is 0.939. The SMILES string of the molecule is Nc1cc(Cl)cc(Br)c1OCc1cc(Cl)ccc1F. The van der Waals surface area contributed by atoms with Crippen LogP contribution in [0.4, 0.5) is 10.1 Å². The van der Waals surface area contributed by atoms with Crippen LogP contribution in [0.3, 0.4) is 0 Å². The molecular formula is C13H9BrCl2FNO. The van der Waals surface area contributed by atoms with Crippen LogP contribution in [-0.4, -0.2) is 0 Å². The molecule has 0 heterocycles. The Balaban J connectivity index is 2.21. The van der Waals surface area contributed by atoms with Crippen LogP contribution in [0, 0.1) is 5.82 Å². The second kappa shape index (κ2) is 5.99. The van der Waals surface area contributed by atoms with Gasteiger partial charge in [-0.15, -0.1) is 0 Å². The molecule has 0 fully saturated rings. The first-order valence-corrected chi connectivity index (χ1v) is 6.83. The second-order valence-electron chi connectivity index (χ2n) is 3.83. The second-order valence-corrected chi connectivity index (χ2v) is 5.56. The quantitative estimate of drug-likeness (QED) is 0.773. The minimum absolute atomic E-state index is 0.0246. The zero-order valence-corrected chi connectivity index (χ0v) is 12.7. The van der Waals surface area contributed by atoms with Crippen LogP contribution in [0.1, 0.15) is 5.56 Å². The van der Waals surface area contributed by atoms with E-state index >= 15 is 0 Å². The number of nitrogens with two attached hydrogens (primary N) is 1. The normalized spacial score (nSPS) is 10.5. The summed E-state index contributed by atoms with van der Waals surface area (Å²) in [5.41, 5.74) is 6.53. The summed E-state index contributed by atoms with van der Waals surface area (Å²) in [7, 11) is 0. The van der Waals surface area contributed by atoms with Gasteiger partial charge in [0.15, 0.2) is 5.75 Å². The number of benzene rings is 2. The van der Waals surface area contributed by atoms with Crippen LogP contribution in [0.25, 0.3) is 0 Å². The molecule has 0 radical (unpaired) electrons. The summed E-state index contributed by atoms with van der Waals surface area (Å²) in [6.45, 7) is 0.0246. The van der Waals surface area contributed by atoms with Gasteiger partial charge in [0.05, 0.1) is 10.2 Å². The Morgan fingerprint density at radius 1 is 1.16 bits per heavy atom. The number of halogens is 4. The highest BCUT2D eigenvalue weighted by molar-refractivity contribution is 9.10. The van der Waals surface area contributed by atoms with Gasteiger partial charge in [0.1, 0.15) is 12.4 Å². The lowest BCUT2D eigenvalue weighted by Gasteiger charge is -2.12. The van der Waals surface area contributed by atoms with Crippen molar-refractivity contribution >= 4 is 44.8 Å². The van der Waals surface area contributed by atoms with Crippen molar-refractivity contribution in [3.05, 3.63) is 56.2 Å². The van der Waals surface area contributed by atoms with Gasteiger partial charge in [-0.2, -0.15) is 0 Å². The average Bonchev–Trinajstić information content (AvgIpc) is 2.32. The van der Waals surface area contributed by atoms with Crippen molar-refractivity contribution in [1.29, 1.82) is 0 Å². The fourth-order valence-electron chi connectivity index (χ4n) is 1.54. The first-order valence-electron chi connectivity index (χ1n) is 5.28. The average molecular weight is 365 g/mol. The summed E-state index contributed by atoms with van der Waals surface area (Å²) in [6.07, 6.45) is 0. The van der Waals surface area contributed by atoms with Gasteiger partial charge < -0.3 is 10.5 Å². The van der Waals surface area contributed by atoms with E-state index in [1.54, 1.807) is 12.1 Å². The topological polar surface area (TPSA) is 35.2 Å². The molecular weight excluding hydrogens is 356 g/mol. The van der Waals surface area contributed by atoms with Gasteiger partial charge in [-0.25, -0.2) is 4.39 Å². The van der Waals surface area contributed by atoms with E-state index in [-0.39, 0.29) is 12.4 Å². The molecule has 0 aromatic heterocycles. The third kappa shape index (κ3) is 3.53. The van der Waals surface area contributed by atoms with Gasteiger partial charge in [-0.1, -0.05) is 23.2 Å². The summed E-state index contributed by atoms with van der Waals surface area (Å²) in [4.78, 5) is 0. The van der Waals surface area contributed by atoms with Crippen LogP contribution in [-0.2, 0) is 6.61 Å². The molecule has 6 heteroatoms. The predicted molar refractivity (Wildman–Crippen MR) is 79.3 cm³/mol. The smallest absolute Gasteiger partial charge is 0.156 e. The Morgan fingerprint density at radius 2 is 1.89 bits per heavy atom. The van der Waals surface area contributed by atoms with E-state index < -0.39 is 0 Å². The van der Waals surface area contributed by atoms with Crippen molar-refractivity contribution in [2.45, 2.75) is 6.61 Å². The van der Waals surface area contributed by atoms with Gasteiger partial charge in [0, 0.05) is 15.6 Å². The van der Waals surface area contributed by atoms with Crippen LogP contribution < -0.4 is 10.5 Å². The van der Waals surface area contributed by atoms with Gasteiger partial charge in [0.2, 0.25) is 0 Å². The minimum atomic E-state index is -0.381. The molecule has 0 aliphatic heterocycles. The fourth-order valence-corrected chi connectivity index (χ4v) is 2.68. The zero-order valence-electron chi connectivity index (χ0n) is 9.59. The number of ether oxygens (including phenoxy) is 1. The van der Waals surface area contributed by atoms with Crippen molar-refractivity contribution in [1.82, 2.24) is 0 Å². The maximum absolute atomic E-state index is 13.5. The largest absolute Gasteiger partial charge is 0.485 e. The van der Waals surface area contributed by atoms with Gasteiger partial charge >= 0.3 is 0 Å². The molecule has 2 N–H and O–H groups in total. The van der Waals surface area contributed by atoms with Crippen LogP contribution in [0.15, 0.2) is 34.8 Å². The van der Waals surface area contributed by atoms with Gasteiger partial charge in [-0.3, -0.25) is 0 Å². The summed E-state index contributed by atoms with van der Waals surface area (Å²) in [6, 6.07) is 7.50. The first-order chi connectivity index (χ1) is 8.97. The van der Waals surface area contributed by atoms with Gasteiger partial charge in [-0.05, 0) is 46.3 Å². The summed E-state index contributed by atoms with van der Waals surface area (Å²) >= 11 is 14.9. The van der Waals surface area contributed by atoms with E-state index in [1.807, 2.05) is 0 Å². The van der Waals surface area contributed by atoms with Crippen molar-refractivity contribution in [2.75, 3.05) is 5.73 Å². The monoisotopic (exact) mass is 363 g/mol. The van der Waals surface area contributed by atoms with E-state index in [0.29, 0.717) is 31.5 Å². The highest BCUT2D eigenvalue weighted by atomic mass is 79.9. The highest BCUT2D eigenvalue weighted by Crippen LogP contribution is 2.35. The third-order valence-electron chi connectivity index (χ3n) is 2.42. The molecule has 0 bridgehead atoms. The molecule has 2 rings (SSSR count). The number of anilines is 1. The first kappa shape index (κ1) is 14.4. The van der Waals surface area contributed by atoms with Crippen molar-refractivity contribution in [3.63, 3.8) is 0 Å². The maximum Gasteiger partial charge on any atom is 0.156 e. The number of hydrogen-bond acceptors (Lipinski definition) is 2. The summed E-state index contributed by atoms with van der Waals surface area (Å²) in [5.74, 6) is 0.0387. The molecule has 100 valence electrons. The Bertz CT molecular complexity index is 599. The Morgan fingerprint density at radius 3 is 2.58 bits per heavy atom. The number of nitrogen functional groups attached to an aromatic ring is 1. The lowest BCUT2D eigenvalue weighted by Crippen LogP contribution is -2.01. The van der Waals surface area contributed by atoms with Crippen LogP contribution >= 0.6 is 39.1 Å². The fraction of sp³-hybridized carbons (Fsp3) is 0.0769. The standard InChI is InChI=1S/C13H9BrCl2FNO/c14-10-4-9(16)5-12(18)13(10)19-6-7-3-8(15)1-2-11(7)17/h1-5H,6,18H2. The lowest BCUT2D eigenvalue weighted by molar-refractivity contribution is 0.299. The molecule has 2 nitrogen and oxygen atoms in total. The molecule has 0 unspecified atom stereocenters. The minimum Gasteiger partial charge on any atom is -0.485 e. The highest BCUT2D eigenvalue weighted by Gasteiger charge is 2.10. The molecule has 0 spiro atoms. The van der Waals surface area contributed by atoms with E-state index in [2.05, 4.69) is 15.9 Å². The van der Waals surface area contributed by atoms with Crippen LogP contribution in [0.5, 0.6) is 5.75 Å². The van der Waals surface area contributed by atoms with Crippen LogP contribution in [0.2, 0.25) is 10.0 Å². The maximum atomic E-state index is 13.5. The molecule has 0 amide bonds.